The summed E-state index contributed by atoms with van der Waals surface area (Å²) in [6.45, 7) is 1.01. The zero-order chi connectivity index (χ0) is 22.6. The molecular weight excluding hydrogens is 479 g/mol. The quantitative estimate of drug-likeness (QED) is 0.681. The van der Waals surface area contributed by atoms with Crippen molar-refractivity contribution in [2.24, 2.45) is 0 Å². The Morgan fingerprint density at radius 1 is 1.09 bits per heavy atom. The summed E-state index contributed by atoms with van der Waals surface area (Å²) in [5.74, 6) is -0.0597. The van der Waals surface area contributed by atoms with Crippen LogP contribution in [-0.2, 0) is 16.0 Å². The summed E-state index contributed by atoms with van der Waals surface area (Å²) in [7, 11) is 0. The second-order valence-electron chi connectivity index (χ2n) is 8.10. The fourth-order valence-corrected chi connectivity index (χ4v) is 5.42. The number of hydrogen-bond donors (Lipinski definition) is 1. The lowest BCUT2D eigenvalue weighted by Crippen LogP contribution is -2.39. The van der Waals surface area contributed by atoms with Crippen molar-refractivity contribution in [2.45, 2.75) is 31.1 Å². The van der Waals surface area contributed by atoms with Crippen LogP contribution in [0.2, 0.25) is 15.1 Å². The Balaban J connectivity index is 1.47. The van der Waals surface area contributed by atoms with Gasteiger partial charge in [-0.05, 0) is 48.7 Å². The van der Waals surface area contributed by atoms with Crippen molar-refractivity contribution in [3.63, 3.8) is 0 Å². The minimum Gasteiger partial charge on any atom is -0.482 e. The van der Waals surface area contributed by atoms with Gasteiger partial charge in [0, 0.05) is 28.7 Å². The highest BCUT2D eigenvalue weighted by Gasteiger charge is 2.42. The number of likely N-dealkylation sites (tertiary alicyclic amines) is 1. The molecule has 0 unspecified atom stereocenters. The highest BCUT2D eigenvalue weighted by atomic mass is 35.5. The molecule has 1 N–H and O–H groups in total. The standard InChI is InChI=1S/C22H19Cl3N2O5/c23-11-5-15-14(16(24)6-11)8-18(26-4-3-13(28)9-26)21(15)32-19-2-1-12(7-17(19)25)27-20(29)10-31-22(27)30/h1-2,5-7,13,18,21,28H,3-4,8-10H2/t13-,18+,21+/m1/s1. The predicted molar refractivity (Wildman–Crippen MR) is 120 cm³/mol. The molecule has 32 heavy (non-hydrogen) atoms. The maximum absolute atomic E-state index is 11.9. The number of anilines is 1. The summed E-state index contributed by atoms with van der Waals surface area (Å²) in [6, 6.07) is 8.22. The first-order valence-electron chi connectivity index (χ1n) is 10.2. The average Bonchev–Trinajstić information content (AvgIpc) is 3.41. The Morgan fingerprint density at radius 3 is 2.56 bits per heavy atom. The van der Waals surface area contributed by atoms with Gasteiger partial charge in [-0.25, -0.2) is 9.69 Å². The van der Waals surface area contributed by atoms with E-state index in [0.29, 0.717) is 40.9 Å². The number of rotatable bonds is 4. The fraction of sp³-hybridized carbons (Fsp3) is 0.364. The van der Waals surface area contributed by atoms with Gasteiger partial charge in [-0.15, -0.1) is 0 Å². The molecule has 2 heterocycles. The van der Waals surface area contributed by atoms with Gasteiger partial charge in [0.2, 0.25) is 0 Å². The Bertz CT molecular complexity index is 1100. The largest absolute Gasteiger partial charge is 0.482 e. The van der Waals surface area contributed by atoms with Crippen molar-refractivity contribution in [1.29, 1.82) is 0 Å². The van der Waals surface area contributed by atoms with Crippen LogP contribution in [0.25, 0.3) is 0 Å². The van der Waals surface area contributed by atoms with Gasteiger partial charge in [-0.3, -0.25) is 9.69 Å². The van der Waals surface area contributed by atoms with Crippen LogP contribution in [0.4, 0.5) is 10.5 Å². The van der Waals surface area contributed by atoms with Crippen LogP contribution in [0.1, 0.15) is 23.7 Å². The summed E-state index contributed by atoms with van der Waals surface area (Å²) < 4.78 is 11.1. The number of nitrogens with zero attached hydrogens (tertiary/aromatic N) is 2. The summed E-state index contributed by atoms with van der Waals surface area (Å²) >= 11 is 19.2. The number of imide groups is 1. The monoisotopic (exact) mass is 496 g/mol. The third-order valence-corrected chi connectivity index (χ3v) is 6.96. The topological polar surface area (TPSA) is 79.3 Å². The second-order valence-corrected chi connectivity index (χ2v) is 9.35. The smallest absolute Gasteiger partial charge is 0.421 e. The number of fused-ring (bicyclic) bond motifs is 1. The van der Waals surface area contributed by atoms with Gasteiger partial charge >= 0.3 is 6.09 Å². The molecule has 3 aliphatic rings. The lowest BCUT2D eigenvalue weighted by molar-refractivity contribution is -0.117. The lowest BCUT2D eigenvalue weighted by atomic mass is 10.1. The fourth-order valence-electron chi connectivity index (χ4n) is 4.61. The maximum Gasteiger partial charge on any atom is 0.421 e. The van der Waals surface area contributed by atoms with Crippen LogP contribution >= 0.6 is 34.8 Å². The molecule has 2 fully saturated rings. The summed E-state index contributed by atoms with van der Waals surface area (Å²) in [5, 5.41) is 11.4. The van der Waals surface area contributed by atoms with E-state index >= 15 is 0 Å². The molecule has 10 heteroatoms. The molecule has 0 radical (unpaired) electrons. The Hall–Kier alpha value is -2.03. The predicted octanol–water partition coefficient (Wildman–Crippen LogP) is 4.24. The van der Waals surface area contributed by atoms with Crippen molar-refractivity contribution in [1.82, 2.24) is 4.90 Å². The number of aliphatic hydroxyl groups excluding tert-OH is 1. The summed E-state index contributed by atoms with van der Waals surface area (Å²) in [5.41, 5.74) is 2.16. The molecule has 2 amide bonds. The van der Waals surface area contributed by atoms with Crippen molar-refractivity contribution in [3.05, 3.63) is 56.5 Å². The van der Waals surface area contributed by atoms with Crippen LogP contribution in [0.5, 0.6) is 5.75 Å². The molecule has 2 aromatic rings. The van der Waals surface area contributed by atoms with Gasteiger partial charge in [0.25, 0.3) is 5.91 Å². The minimum absolute atomic E-state index is 0.0519. The van der Waals surface area contributed by atoms with Crippen molar-refractivity contribution in [2.75, 3.05) is 24.6 Å². The number of amides is 2. The van der Waals surface area contributed by atoms with E-state index in [9.17, 15) is 14.7 Å². The number of aliphatic hydroxyl groups is 1. The zero-order valence-electron chi connectivity index (χ0n) is 16.8. The van der Waals surface area contributed by atoms with Gasteiger partial charge < -0.3 is 14.6 Å². The van der Waals surface area contributed by atoms with Gasteiger partial charge in [0.15, 0.2) is 6.61 Å². The van der Waals surface area contributed by atoms with Crippen LogP contribution in [0.3, 0.4) is 0 Å². The van der Waals surface area contributed by atoms with Crippen LogP contribution in [0.15, 0.2) is 30.3 Å². The van der Waals surface area contributed by atoms with E-state index in [-0.39, 0.29) is 23.8 Å². The first kappa shape index (κ1) is 21.8. The highest BCUT2D eigenvalue weighted by molar-refractivity contribution is 6.35. The Labute approximate surface area is 199 Å². The molecule has 5 rings (SSSR count). The van der Waals surface area contributed by atoms with Gasteiger partial charge in [0.1, 0.15) is 11.9 Å². The molecule has 0 saturated carbocycles. The van der Waals surface area contributed by atoms with Gasteiger partial charge in [-0.2, -0.15) is 0 Å². The molecule has 2 saturated heterocycles. The SMILES string of the molecule is O=C1COC(=O)N1c1ccc(O[C@H]2c3cc(Cl)cc(Cl)c3C[C@@H]2N2CC[C@@H](O)C2)c(Cl)c1. The highest BCUT2D eigenvalue weighted by Crippen LogP contribution is 2.44. The molecule has 0 aromatic heterocycles. The number of carbonyl (C=O) groups is 2. The molecule has 7 nitrogen and oxygen atoms in total. The van der Waals surface area contributed by atoms with Crippen LogP contribution in [0, 0.1) is 0 Å². The molecule has 2 aromatic carbocycles. The maximum atomic E-state index is 11.9. The number of carbonyl (C=O) groups excluding carboxylic acids is 2. The van der Waals surface area contributed by atoms with Gasteiger partial charge in [-0.1, -0.05) is 34.8 Å². The average molecular weight is 498 g/mol. The van der Waals surface area contributed by atoms with E-state index in [1.54, 1.807) is 18.2 Å². The second kappa shape index (κ2) is 8.39. The van der Waals surface area contributed by atoms with E-state index in [4.69, 9.17) is 44.3 Å². The molecule has 0 bridgehead atoms. The van der Waals surface area contributed by atoms with E-state index < -0.39 is 18.1 Å². The zero-order valence-corrected chi connectivity index (χ0v) is 19.0. The van der Waals surface area contributed by atoms with E-state index in [1.165, 1.54) is 6.07 Å². The van der Waals surface area contributed by atoms with Crippen molar-refractivity contribution in [3.8, 4) is 5.75 Å². The van der Waals surface area contributed by atoms with Crippen molar-refractivity contribution < 1.29 is 24.2 Å². The van der Waals surface area contributed by atoms with E-state index in [0.717, 1.165) is 22.6 Å². The number of halogens is 3. The number of benzene rings is 2. The third-order valence-electron chi connectivity index (χ3n) is 6.11. The van der Waals surface area contributed by atoms with Crippen LogP contribution < -0.4 is 9.64 Å². The number of β-amino-alcohol motifs (C(OH)–C–C–N with tert-alkyl or cyclic N) is 1. The number of hydrogen-bond acceptors (Lipinski definition) is 6. The molecule has 2 aliphatic heterocycles. The van der Waals surface area contributed by atoms with E-state index in [1.807, 2.05) is 6.07 Å². The summed E-state index contributed by atoms with van der Waals surface area (Å²) in [6.07, 6.45) is -0.163. The first-order valence-corrected chi connectivity index (χ1v) is 11.3. The molecule has 168 valence electrons. The third kappa shape index (κ3) is 3.82. The number of ether oxygens (including phenoxy) is 2. The van der Waals surface area contributed by atoms with Crippen molar-refractivity contribution >= 4 is 52.5 Å². The van der Waals surface area contributed by atoms with Gasteiger partial charge in [0.05, 0.1) is 22.9 Å². The number of cyclic esters (lactones) is 1. The molecule has 3 atom stereocenters. The Morgan fingerprint density at radius 2 is 1.91 bits per heavy atom. The summed E-state index contributed by atoms with van der Waals surface area (Å²) in [4.78, 5) is 26.9. The van der Waals surface area contributed by atoms with Crippen LogP contribution in [-0.4, -0.2) is 53.8 Å². The Kier molecular flexibility index (Phi) is 5.72. The molecule has 1 aliphatic carbocycles. The molecule has 0 spiro atoms. The minimum atomic E-state index is -0.735. The van der Waals surface area contributed by atoms with E-state index in [2.05, 4.69) is 4.90 Å². The lowest BCUT2D eigenvalue weighted by Gasteiger charge is -2.30. The molecular formula is C22H19Cl3N2O5. The first-order chi connectivity index (χ1) is 15.3. The normalized spacial score (nSPS) is 25.4.